The zero-order valence-corrected chi connectivity index (χ0v) is 5.93. The average molecular weight is 146 g/mol. The molecule has 1 rings (SSSR count). The third-order valence-electron chi connectivity index (χ3n) is 0.730. The van der Waals surface area contributed by atoms with E-state index >= 15 is 0 Å². The van der Waals surface area contributed by atoms with Gasteiger partial charge in [0.15, 0.2) is 0 Å². The first-order chi connectivity index (χ1) is 3.89. The van der Waals surface area contributed by atoms with Crippen LogP contribution in [0.5, 0.6) is 0 Å². The van der Waals surface area contributed by atoms with Gasteiger partial charge < -0.3 is 0 Å². The first-order valence-corrected chi connectivity index (χ1v) is 4.35. The van der Waals surface area contributed by atoms with Crippen molar-refractivity contribution in [3.8, 4) is 0 Å². The van der Waals surface area contributed by atoms with Crippen molar-refractivity contribution in [3.63, 3.8) is 0 Å². The molecule has 0 aromatic heterocycles. The average Bonchev–Trinajstić information content (AvgIpc) is 1.94. The fraction of sp³-hybridized carbons (Fsp3) is 0.400. The Labute approximate surface area is 56.9 Å². The Morgan fingerprint density at radius 3 is 3.38 bits per heavy atom. The van der Waals surface area contributed by atoms with Crippen molar-refractivity contribution in [1.82, 2.24) is 0 Å². The van der Waals surface area contributed by atoms with Gasteiger partial charge in [0.2, 0.25) is 5.12 Å². The molecule has 0 aromatic rings. The monoisotopic (exact) mass is 146 g/mol. The smallest absolute Gasteiger partial charge is 0.202 e. The van der Waals surface area contributed by atoms with E-state index < -0.39 is 0 Å². The molecule has 0 aromatic carbocycles. The summed E-state index contributed by atoms with van der Waals surface area (Å²) >= 11 is 2.97. The van der Waals surface area contributed by atoms with Crippen LogP contribution in [0.15, 0.2) is 11.5 Å². The lowest BCUT2D eigenvalue weighted by Crippen LogP contribution is -1.90. The van der Waals surface area contributed by atoms with Crippen LogP contribution in [-0.4, -0.2) is 16.6 Å². The Bertz CT molecular complexity index is 120. The quantitative estimate of drug-likeness (QED) is 0.515. The molecule has 3 heteroatoms. The van der Waals surface area contributed by atoms with Crippen LogP contribution in [0, 0.1) is 0 Å². The van der Waals surface area contributed by atoms with Gasteiger partial charge in [0, 0.05) is 5.75 Å². The van der Waals surface area contributed by atoms with E-state index in [0.717, 1.165) is 5.75 Å². The molecule has 8 heavy (non-hydrogen) atoms. The summed E-state index contributed by atoms with van der Waals surface area (Å²) in [5, 5.41) is 2.13. The van der Waals surface area contributed by atoms with Crippen molar-refractivity contribution in [2.75, 3.05) is 11.5 Å². The van der Waals surface area contributed by atoms with Gasteiger partial charge >= 0.3 is 0 Å². The van der Waals surface area contributed by atoms with Gasteiger partial charge in [-0.05, 0) is 5.41 Å². The molecule has 1 heterocycles. The molecule has 0 fully saturated rings. The largest absolute Gasteiger partial charge is 0.286 e. The van der Waals surface area contributed by atoms with Crippen LogP contribution >= 0.6 is 23.5 Å². The highest BCUT2D eigenvalue weighted by molar-refractivity contribution is 8.18. The van der Waals surface area contributed by atoms with Gasteiger partial charge in [-0.25, -0.2) is 0 Å². The van der Waals surface area contributed by atoms with Gasteiger partial charge in [0.05, 0.1) is 5.75 Å². The van der Waals surface area contributed by atoms with Crippen molar-refractivity contribution < 1.29 is 4.79 Å². The summed E-state index contributed by atoms with van der Waals surface area (Å²) in [6.07, 6.45) is 2.01. The van der Waals surface area contributed by atoms with Crippen LogP contribution in [0.1, 0.15) is 0 Å². The third kappa shape index (κ3) is 1.92. The maximum Gasteiger partial charge on any atom is 0.202 e. The second-order valence-electron chi connectivity index (χ2n) is 1.38. The zero-order valence-electron chi connectivity index (χ0n) is 4.29. The first kappa shape index (κ1) is 6.23. The molecule has 0 bridgehead atoms. The molecule has 1 aliphatic rings. The fourth-order valence-corrected chi connectivity index (χ4v) is 1.91. The Kier molecular flexibility index (Phi) is 2.49. The van der Waals surface area contributed by atoms with E-state index in [1.807, 2.05) is 11.5 Å². The van der Waals surface area contributed by atoms with Crippen molar-refractivity contribution in [1.29, 1.82) is 0 Å². The minimum Gasteiger partial charge on any atom is -0.286 e. The zero-order chi connectivity index (χ0) is 5.82. The maximum absolute atomic E-state index is 10.6. The van der Waals surface area contributed by atoms with Crippen LogP contribution in [0.2, 0.25) is 0 Å². The van der Waals surface area contributed by atoms with E-state index in [9.17, 15) is 4.79 Å². The topological polar surface area (TPSA) is 17.1 Å². The van der Waals surface area contributed by atoms with Crippen molar-refractivity contribution >= 4 is 28.6 Å². The highest BCUT2D eigenvalue weighted by Gasteiger charge is 2.01. The molecule has 0 saturated heterocycles. The summed E-state index contributed by atoms with van der Waals surface area (Å²) in [6.45, 7) is 0. The predicted octanol–water partition coefficient (Wildman–Crippen LogP) is 1.51. The van der Waals surface area contributed by atoms with Gasteiger partial charge in [-0.3, -0.25) is 4.79 Å². The van der Waals surface area contributed by atoms with Crippen molar-refractivity contribution in [3.05, 3.63) is 11.5 Å². The predicted molar refractivity (Wildman–Crippen MR) is 39.1 cm³/mol. The van der Waals surface area contributed by atoms with E-state index in [0.29, 0.717) is 5.75 Å². The van der Waals surface area contributed by atoms with Crippen LogP contribution in [0.3, 0.4) is 0 Å². The SMILES string of the molecule is O=C1CSCC=CS1. The standard InChI is InChI=1S/C5H6OS2/c6-5-4-7-2-1-3-8-5/h1,3H,2,4H2. The summed E-state index contributed by atoms with van der Waals surface area (Å²) < 4.78 is 0. The Morgan fingerprint density at radius 2 is 2.50 bits per heavy atom. The number of carbonyl (C=O) groups is 1. The Hall–Kier alpha value is 0.110. The van der Waals surface area contributed by atoms with Crippen LogP contribution < -0.4 is 0 Å². The summed E-state index contributed by atoms with van der Waals surface area (Å²) in [5.41, 5.74) is 0. The van der Waals surface area contributed by atoms with E-state index in [-0.39, 0.29) is 5.12 Å². The molecule has 0 saturated carbocycles. The third-order valence-corrected chi connectivity index (χ3v) is 2.54. The number of hydrogen-bond donors (Lipinski definition) is 0. The highest BCUT2D eigenvalue weighted by atomic mass is 32.2. The minimum atomic E-state index is 0.267. The highest BCUT2D eigenvalue weighted by Crippen LogP contribution is 2.14. The van der Waals surface area contributed by atoms with E-state index in [1.165, 1.54) is 11.8 Å². The lowest BCUT2D eigenvalue weighted by Gasteiger charge is -1.86. The van der Waals surface area contributed by atoms with Gasteiger partial charge in [0.25, 0.3) is 0 Å². The van der Waals surface area contributed by atoms with Gasteiger partial charge in [-0.2, -0.15) is 0 Å². The van der Waals surface area contributed by atoms with Gasteiger partial charge in [-0.15, -0.1) is 11.8 Å². The second-order valence-corrected chi connectivity index (χ2v) is 3.37. The Balaban J connectivity index is 2.41. The van der Waals surface area contributed by atoms with Crippen LogP contribution in [0.25, 0.3) is 0 Å². The van der Waals surface area contributed by atoms with Gasteiger partial charge in [-0.1, -0.05) is 17.8 Å². The molecule has 44 valence electrons. The number of carbonyl (C=O) groups excluding carboxylic acids is 1. The Morgan fingerprint density at radius 1 is 1.62 bits per heavy atom. The van der Waals surface area contributed by atoms with Crippen molar-refractivity contribution in [2.24, 2.45) is 0 Å². The minimum absolute atomic E-state index is 0.267. The molecule has 0 amide bonds. The molecule has 0 aliphatic carbocycles. The van der Waals surface area contributed by atoms with E-state index in [1.54, 1.807) is 11.8 Å². The summed E-state index contributed by atoms with van der Waals surface area (Å²) in [6, 6.07) is 0. The number of hydrogen-bond acceptors (Lipinski definition) is 3. The number of thioether (sulfide) groups is 2. The summed E-state index contributed by atoms with van der Waals surface area (Å²) in [4.78, 5) is 10.6. The molecule has 0 spiro atoms. The van der Waals surface area contributed by atoms with Crippen LogP contribution in [-0.2, 0) is 4.79 Å². The lowest BCUT2D eigenvalue weighted by atomic mass is 10.8. The first-order valence-electron chi connectivity index (χ1n) is 2.32. The van der Waals surface area contributed by atoms with Gasteiger partial charge in [0.1, 0.15) is 0 Å². The molecule has 0 radical (unpaired) electrons. The molecule has 1 nitrogen and oxygen atoms in total. The molecule has 0 N–H and O–H groups in total. The normalized spacial score (nSPS) is 20.8. The molecule has 0 atom stereocenters. The molecule has 0 unspecified atom stereocenters. The second kappa shape index (κ2) is 3.20. The molecule has 1 aliphatic heterocycles. The lowest BCUT2D eigenvalue weighted by molar-refractivity contribution is -0.108. The fourth-order valence-electron chi connectivity index (χ4n) is 0.408. The molecular weight excluding hydrogens is 140 g/mol. The summed E-state index contributed by atoms with van der Waals surface area (Å²) in [7, 11) is 0. The van der Waals surface area contributed by atoms with E-state index in [4.69, 9.17) is 0 Å². The van der Waals surface area contributed by atoms with Crippen molar-refractivity contribution in [2.45, 2.75) is 0 Å². The van der Waals surface area contributed by atoms with Crippen LogP contribution in [0.4, 0.5) is 0 Å². The maximum atomic E-state index is 10.6. The number of rotatable bonds is 0. The van der Waals surface area contributed by atoms with E-state index in [2.05, 4.69) is 0 Å². The molecular formula is C5H6OS2. The summed E-state index contributed by atoms with van der Waals surface area (Å²) in [5.74, 6) is 1.65.